The highest BCUT2D eigenvalue weighted by atomic mass is 16.5. The summed E-state index contributed by atoms with van der Waals surface area (Å²) in [6.45, 7) is 4.51. The smallest absolute Gasteiger partial charge is 0.124 e. The molecule has 1 aromatic rings. The average Bonchev–Trinajstić information content (AvgIpc) is 3.26. The Balaban J connectivity index is 2.06. The molecule has 3 heteroatoms. The molecule has 1 saturated carbocycles. The Morgan fingerprint density at radius 1 is 1.26 bits per heavy atom. The first kappa shape index (κ1) is 14.4. The number of benzene rings is 1. The molecule has 1 aliphatic rings. The third-order valence-corrected chi connectivity index (χ3v) is 3.51. The maximum absolute atomic E-state index is 5.85. The summed E-state index contributed by atoms with van der Waals surface area (Å²) in [6.07, 6.45) is 3.82. The van der Waals surface area contributed by atoms with E-state index in [1.165, 1.54) is 18.4 Å². The second-order valence-corrected chi connectivity index (χ2v) is 5.15. The normalized spacial score (nSPS) is 16.3. The van der Waals surface area contributed by atoms with Gasteiger partial charge in [-0.1, -0.05) is 25.1 Å². The summed E-state index contributed by atoms with van der Waals surface area (Å²) >= 11 is 0. The SMILES string of the molecule is CCCNC(c1ccccc1OCCOC)C1CC1. The van der Waals surface area contributed by atoms with E-state index < -0.39 is 0 Å². The molecule has 1 unspecified atom stereocenters. The molecule has 0 saturated heterocycles. The van der Waals surface area contributed by atoms with Gasteiger partial charge >= 0.3 is 0 Å². The van der Waals surface area contributed by atoms with Gasteiger partial charge in [-0.15, -0.1) is 0 Å². The van der Waals surface area contributed by atoms with Crippen molar-refractivity contribution in [3.05, 3.63) is 29.8 Å². The highest BCUT2D eigenvalue weighted by molar-refractivity contribution is 5.37. The fraction of sp³-hybridized carbons (Fsp3) is 0.625. The van der Waals surface area contributed by atoms with Gasteiger partial charge in [0.25, 0.3) is 0 Å². The monoisotopic (exact) mass is 263 g/mol. The largest absolute Gasteiger partial charge is 0.491 e. The van der Waals surface area contributed by atoms with Crippen LogP contribution in [0.5, 0.6) is 5.75 Å². The van der Waals surface area contributed by atoms with Crippen molar-refractivity contribution in [1.29, 1.82) is 0 Å². The highest BCUT2D eigenvalue weighted by Crippen LogP contribution is 2.43. The maximum atomic E-state index is 5.85. The van der Waals surface area contributed by atoms with Gasteiger partial charge in [-0.05, 0) is 37.8 Å². The van der Waals surface area contributed by atoms with Crippen molar-refractivity contribution >= 4 is 0 Å². The minimum absolute atomic E-state index is 0.443. The third kappa shape index (κ3) is 4.22. The Labute approximate surface area is 116 Å². The summed E-state index contributed by atoms with van der Waals surface area (Å²) in [5.74, 6) is 1.78. The second-order valence-electron chi connectivity index (χ2n) is 5.15. The minimum atomic E-state index is 0.443. The van der Waals surface area contributed by atoms with Crippen molar-refractivity contribution in [3.8, 4) is 5.75 Å². The molecular formula is C16H25NO2. The van der Waals surface area contributed by atoms with Crippen molar-refractivity contribution < 1.29 is 9.47 Å². The summed E-state index contributed by atoms with van der Waals surface area (Å²) < 4.78 is 10.9. The van der Waals surface area contributed by atoms with Gasteiger partial charge in [0.15, 0.2) is 0 Å². The fourth-order valence-electron chi connectivity index (χ4n) is 2.36. The first-order valence-electron chi connectivity index (χ1n) is 7.30. The predicted octanol–water partition coefficient (Wildman–Crippen LogP) is 3.16. The number of rotatable bonds is 9. The molecule has 1 atom stereocenters. The van der Waals surface area contributed by atoms with Crippen LogP contribution in [0, 0.1) is 5.92 Å². The molecule has 0 bridgehead atoms. The third-order valence-electron chi connectivity index (χ3n) is 3.51. The lowest BCUT2D eigenvalue weighted by Crippen LogP contribution is -2.24. The average molecular weight is 263 g/mol. The van der Waals surface area contributed by atoms with Gasteiger partial charge in [0.05, 0.1) is 6.61 Å². The van der Waals surface area contributed by atoms with Crippen LogP contribution in [0.2, 0.25) is 0 Å². The molecule has 1 aromatic carbocycles. The van der Waals surface area contributed by atoms with Crippen LogP contribution >= 0.6 is 0 Å². The topological polar surface area (TPSA) is 30.5 Å². The lowest BCUT2D eigenvalue weighted by Gasteiger charge is -2.21. The van der Waals surface area contributed by atoms with E-state index >= 15 is 0 Å². The Kier molecular flexibility index (Phi) is 5.67. The van der Waals surface area contributed by atoms with Gasteiger partial charge in [0, 0.05) is 18.7 Å². The van der Waals surface area contributed by atoms with E-state index in [0.717, 1.165) is 24.6 Å². The van der Waals surface area contributed by atoms with Crippen LogP contribution < -0.4 is 10.1 Å². The molecule has 19 heavy (non-hydrogen) atoms. The van der Waals surface area contributed by atoms with E-state index in [-0.39, 0.29) is 0 Å². The van der Waals surface area contributed by atoms with Gasteiger partial charge in [-0.25, -0.2) is 0 Å². The molecule has 3 nitrogen and oxygen atoms in total. The van der Waals surface area contributed by atoms with Crippen molar-refractivity contribution in [3.63, 3.8) is 0 Å². The second kappa shape index (κ2) is 7.51. The molecule has 0 aromatic heterocycles. The number of hydrogen-bond acceptors (Lipinski definition) is 3. The Bertz CT molecular complexity index is 377. The van der Waals surface area contributed by atoms with Gasteiger partial charge in [0.2, 0.25) is 0 Å². The van der Waals surface area contributed by atoms with E-state index in [2.05, 4.69) is 30.4 Å². The van der Waals surface area contributed by atoms with Crippen LogP contribution in [0.1, 0.15) is 37.8 Å². The zero-order chi connectivity index (χ0) is 13.5. The first-order valence-corrected chi connectivity index (χ1v) is 7.30. The summed E-state index contributed by atoms with van der Waals surface area (Å²) in [7, 11) is 1.70. The zero-order valence-corrected chi connectivity index (χ0v) is 12.0. The van der Waals surface area contributed by atoms with E-state index in [1.54, 1.807) is 7.11 Å². The zero-order valence-electron chi connectivity index (χ0n) is 12.0. The Morgan fingerprint density at radius 2 is 2.05 bits per heavy atom. The molecular weight excluding hydrogens is 238 g/mol. The molecule has 1 aliphatic carbocycles. The molecule has 0 heterocycles. The van der Waals surface area contributed by atoms with Crippen LogP contribution in [-0.2, 0) is 4.74 Å². The van der Waals surface area contributed by atoms with Gasteiger partial charge in [0.1, 0.15) is 12.4 Å². The van der Waals surface area contributed by atoms with E-state index in [4.69, 9.17) is 9.47 Å². The molecule has 1 N–H and O–H groups in total. The Morgan fingerprint density at radius 3 is 2.74 bits per heavy atom. The highest BCUT2D eigenvalue weighted by Gasteiger charge is 2.33. The van der Waals surface area contributed by atoms with Crippen LogP contribution in [0.15, 0.2) is 24.3 Å². The molecule has 2 rings (SSSR count). The van der Waals surface area contributed by atoms with E-state index in [9.17, 15) is 0 Å². The number of para-hydroxylation sites is 1. The van der Waals surface area contributed by atoms with E-state index in [0.29, 0.717) is 19.3 Å². The van der Waals surface area contributed by atoms with Crippen molar-refractivity contribution in [2.24, 2.45) is 5.92 Å². The fourth-order valence-corrected chi connectivity index (χ4v) is 2.36. The molecule has 0 radical (unpaired) electrons. The van der Waals surface area contributed by atoms with Crippen LogP contribution in [0.4, 0.5) is 0 Å². The lowest BCUT2D eigenvalue weighted by molar-refractivity contribution is 0.145. The van der Waals surface area contributed by atoms with Crippen LogP contribution in [0.3, 0.4) is 0 Å². The first-order chi connectivity index (χ1) is 9.36. The van der Waals surface area contributed by atoms with Crippen molar-refractivity contribution in [1.82, 2.24) is 5.32 Å². The van der Waals surface area contributed by atoms with Crippen LogP contribution in [0.25, 0.3) is 0 Å². The summed E-state index contributed by atoms with van der Waals surface area (Å²) in [5.41, 5.74) is 1.30. The quantitative estimate of drug-likeness (QED) is 0.694. The number of methoxy groups -OCH3 is 1. The Hall–Kier alpha value is -1.06. The summed E-state index contributed by atoms with van der Waals surface area (Å²) in [6, 6.07) is 8.83. The summed E-state index contributed by atoms with van der Waals surface area (Å²) in [5, 5.41) is 3.67. The number of hydrogen-bond donors (Lipinski definition) is 1. The number of ether oxygens (including phenoxy) is 2. The van der Waals surface area contributed by atoms with Gasteiger partial charge in [-0.2, -0.15) is 0 Å². The van der Waals surface area contributed by atoms with Gasteiger partial charge < -0.3 is 14.8 Å². The number of nitrogens with one attached hydrogen (secondary N) is 1. The lowest BCUT2D eigenvalue weighted by atomic mass is 10.0. The molecule has 106 valence electrons. The van der Waals surface area contributed by atoms with Gasteiger partial charge in [-0.3, -0.25) is 0 Å². The molecule has 0 spiro atoms. The predicted molar refractivity (Wildman–Crippen MR) is 77.6 cm³/mol. The van der Waals surface area contributed by atoms with Crippen LogP contribution in [-0.4, -0.2) is 26.9 Å². The maximum Gasteiger partial charge on any atom is 0.124 e. The summed E-state index contributed by atoms with van der Waals surface area (Å²) in [4.78, 5) is 0. The minimum Gasteiger partial charge on any atom is -0.491 e. The molecule has 0 aliphatic heterocycles. The molecule has 0 amide bonds. The standard InChI is InChI=1S/C16H25NO2/c1-3-10-17-16(13-8-9-13)14-6-4-5-7-15(14)19-12-11-18-2/h4-7,13,16-17H,3,8-12H2,1-2H3. The van der Waals surface area contributed by atoms with Crippen molar-refractivity contribution in [2.75, 3.05) is 26.9 Å². The molecule has 1 fully saturated rings. The van der Waals surface area contributed by atoms with Crippen molar-refractivity contribution in [2.45, 2.75) is 32.2 Å². The van der Waals surface area contributed by atoms with E-state index in [1.807, 2.05) is 6.07 Å².